The Bertz CT molecular complexity index is 934. The molecule has 2 aliphatic heterocycles. The molecule has 2 aromatic carbocycles. The normalized spacial score (nSPS) is 22.8. The topological polar surface area (TPSA) is 60.2 Å². The van der Waals surface area contributed by atoms with Gasteiger partial charge in [-0.3, -0.25) is 4.79 Å². The highest BCUT2D eigenvalue weighted by Crippen LogP contribution is 2.39. The molecule has 0 aliphatic carbocycles. The van der Waals surface area contributed by atoms with Crippen LogP contribution in [0.2, 0.25) is 0 Å². The van der Waals surface area contributed by atoms with Crippen LogP contribution in [0.1, 0.15) is 47.7 Å². The number of carbonyl (C=O) groups excluding carboxylic acids is 1. The van der Waals surface area contributed by atoms with Crippen molar-refractivity contribution in [1.82, 2.24) is 0 Å². The number of carbonyl (C=O) groups is 1. The fourth-order valence-electron chi connectivity index (χ4n) is 4.14. The number of nitrogens with one attached hydrogen (secondary N) is 1. The summed E-state index contributed by atoms with van der Waals surface area (Å²) in [6.07, 6.45) is 5.33. The van der Waals surface area contributed by atoms with Gasteiger partial charge in [-0.1, -0.05) is 18.2 Å². The van der Waals surface area contributed by atoms with Gasteiger partial charge in [-0.15, -0.1) is 0 Å². The van der Waals surface area contributed by atoms with Gasteiger partial charge < -0.3 is 19.5 Å². The van der Waals surface area contributed by atoms with E-state index in [0.29, 0.717) is 29.6 Å². The Labute approximate surface area is 165 Å². The van der Waals surface area contributed by atoms with Crippen molar-refractivity contribution in [2.45, 2.75) is 38.8 Å². The number of Topliss-reactive ketones (excluding diaryl/α,β-unsaturated/α-hetero) is 1. The second-order valence-corrected chi connectivity index (χ2v) is 7.60. The lowest BCUT2D eigenvalue weighted by Crippen LogP contribution is -3.14. The molecule has 0 radical (unpaired) electrons. The fraction of sp³-hybridized carbons (Fsp3) is 0.348. The van der Waals surface area contributed by atoms with Crippen LogP contribution in [-0.4, -0.2) is 30.6 Å². The Morgan fingerprint density at radius 3 is 2.86 bits per heavy atom. The minimum absolute atomic E-state index is 0.163. The van der Waals surface area contributed by atoms with Gasteiger partial charge in [0.1, 0.15) is 18.0 Å². The molecule has 1 fully saturated rings. The van der Waals surface area contributed by atoms with Crippen molar-refractivity contribution in [3.05, 3.63) is 58.8 Å². The zero-order valence-electron chi connectivity index (χ0n) is 16.3. The van der Waals surface area contributed by atoms with Crippen LogP contribution < -0.4 is 14.4 Å². The monoisotopic (exact) mass is 380 g/mol. The first-order valence-corrected chi connectivity index (χ1v) is 9.85. The number of fused-ring (bicyclic) bond motifs is 1. The maximum atomic E-state index is 12.9. The summed E-state index contributed by atoms with van der Waals surface area (Å²) in [5, 5.41) is 10.5. The van der Waals surface area contributed by atoms with E-state index in [2.05, 4.69) is 6.92 Å². The molecule has 0 saturated carbocycles. The Morgan fingerprint density at radius 1 is 1.25 bits per heavy atom. The third-order valence-corrected chi connectivity index (χ3v) is 5.83. The highest BCUT2D eigenvalue weighted by atomic mass is 16.5. The van der Waals surface area contributed by atoms with Crippen molar-refractivity contribution in [1.29, 1.82) is 0 Å². The minimum atomic E-state index is -0.163. The molecule has 2 atom stereocenters. The SMILES string of the molecule is COc1ccccc1/C=C1\Oc2c(ccc(O)c2C[NH+]2CCCC[C@H]2C)C1=O. The van der Waals surface area contributed by atoms with E-state index in [4.69, 9.17) is 9.47 Å². The van der Waals surface area contributed by atoms with Crippen LogP contribution in [0.4, 0.5) is 0 Å². The van der Waals surface area contributed by atoms with E-state index in [9.17, 15) is 9.90 Å². The zero-order valence-corrected chi connectivity index (χ0v) is 16.3. The summed E-state index contributed by atoms with van der Waals surface area (Å²) in [4.78, 5) is 14.3. The summed E-state index contributed by atoms with van der Waals surface area (Å²) >= 11 is 0. The predicted molar refractivity (Wildman–Crippen MR) is 107 cm³/mol. The lowest BCUT2D eigenvalue weighted by Gasteiger charge is -2.30. The number of hydrogen-bond donors (Lipinski definition) is 2. The number of hydrogen-bond acceptors (Lipinski definition) is 4. The maximum absolute atomic E-state index is 12.9. The summed E-state index contributed by atoms with van der Waals surface area (Å²) < 4.78 is 11.4. The average molecular weight is 380 g/mol. The lowest BCUT2D eigenvalue weighted by atomic mass is 10.0. The number of ketones is 1. The van der Waals surface area contributed by atoms with E-state index in [-0.39, 0.29) is 17.3 Å². The van der Waals surface area contributed by atoms with Crippen molar-refractivity contribution in [2.24, 2.45) is 0 Å². The first kappa shape index (κ1) is 18.6. The molecule has 1 saturated heterocycles. The number of aromatic hydroxyl groups is 1. The molecular weight excluding hydrogens is 354 g/mol. The van der Waals surface area contributed by atoms with Crippen LogP contribution in [0.15, 0.2) is 42.2 Å². The number of allylic oxidation sites excluding steroid dienone is 1. The second-order valence-electron chi connectivity index (χ2n) is 7.60. The Hall–Kier alpha value is -2.79. The van der Waals surface area contributed by atoms with Gasteiger partial charge in [0, 0.05) is 5.56 Å². The smallest absolute Gasteiger partial charge is 0.231 e. The number of methoxy groups -OCH3 is 1. The van der Waals surface area contributed by atoms with E-state index in [1.165, 1.54) is 24.2 Å². The number of ether oxygens (including phenoxy) is 2. The predicted octanol–water partition coefficient (Wildman–Crippen LogP) is 2.97. The molecule has 5 heteroatoms. The number of phenolic OH excluding ortho intramolecular Hbond substituents is 1. The number of rotatable bonds is 4. The van der Waals surface area contributed by atoms with Crippen LogP contribution in [0.5, 0.6) is 17.2 Å². The summed E-state index contributed by atoms with van der Waals surface area (Å²) in [7, 11) is 1.60. The van der Waals surface area contributed by atoms with Gasteiger partial charge in [0.25, 0.3) is 0 Å². The van der Waals surface area contributed by atoms with Gasteiger partial charge >= 0.3 is 0 Å². The van der Waals surface area contributed by atoms with E-state index >= 15 is 0 Å². The van der Waals surface area contributed by atoms with E-state index in [0.717, 1.165) is 17.7 Å². The molecule has 28 heavy (non-hydrogen) atoms. The number of piperidine rings is 1. The van der Waals surface area contributed by atoms with Crippen LogP contribution in [-0.2, 0) is 6.54 Å². The third-order valence-electron chi connectivity index (χ3n) is 5.83. The molecule has 2 heterocycles. The van der Waals surface area contributed by atoms with Crippen LogP contribution in [0, 0.1) is 0 Å². The first-order chi connectivity index (χ1) is 13.6. The summed E-state index contributed by atoms with van der Waals surface area (Å²) in [5.74, 6) is 1.46. The number of phenols is 1. The Morgan fingerprint density at radius 2 is 2.07 bits per heavy atom. The van der Waals surface area contributed by atoms with Crippen LogP contribution >= 0.6 is 0 Å². The number of benzene rings is 2. The molecule has 0 aromatic heterocycles. The molecular formula is C23H26NO4+. The largest absolute Gasteiger partial charge is 0.507 e. The Kier molecular flexibility index (Phi) is 5.09. The van der Waals surface area contributed by atoms with Crippen molar-refractivity contribution in [3.63, 3.8) is 0 Å². The van der Waals surface area contributed by atoms with Gasteiger partial charge in [-0.05, 0) is 50.5 Å². The van der Waals surface area contributed by atoms with E-state index in [1.54, 1.807) is 25.3 Å². The molecule has 0 spiro atoms. The molecule has 0 bridgehead atoms. The standard InChI is InChI=1S/C23H25NO4/c1-15-7-5-6-12-24(15)14-18-19(25)11-10-17-22(26)21(28-23(17)18)13-16-8-3-4-9-20(16)27-2/h3-4,8-11,13,15,25H,5-7,12,14H2,1-2H3/p+1/b21-13-/t15-/m1/s1. The highest BCUT2D eigenvalue weighted by molar-refractivity contribution is 6.15. The molecule has 146 valence electrons. The van der Waals surface area contributed by atoms with Gasteiger partial charge in [0.2, 0.25) is 5.78 Å². The fourth-order valence-corrected chi connectivity index (χ4v) is 4.14. The van der Waals surface area contributed by atoms with Gasteiger partial charge in [-0.2, -0.15) is 0 Å². The molecule has 1 unspecified atom stereocenters. The minimum Gasteiger partial charge on any atom is -0.507 e. The molecule has 2 aliphatic rings. The number of quaternary nitrogens is 1. The van der Waals surface area contributed by atoms with Crippen molar-refractivity contribution < 1.29 is 24.3 Å². The van der Waals surface area contributed by atoms with Crippen molar-refractivity contribution in [2.75, 3.05) is 13.7 Å². The number of likely N-dealkylation sites (tertiary alicyclic amines) is 1. The number of para-hydroxylation sites is 1. The van der Waals surface area contributed by atoms with Crippen molar-refractivity contribution in [3.8, 4) is 17.2 Å². The molecule has 4 rings (SSSR count). The first-order valence-electron chi connectivity index (χ1n) is 9.85. The Balaban J connectivity index is 1.68. The van der Waals surface area contributed by atoms with Gasteiger partial charge in [-0.25, -0.2) is 0 Å². The van der Waals surface area contributed by atoms with Crippen LogP contribution in [0.3, 0.4) is 0 Å². The quantitative estimate of drug-likeness (QED) is 0.801. The molecule has 2 N–H and O–H groups in total. The van der Waals surface area contributed by atoms with Gasteiger partial charge in [0.15, 0.2) is 11.5 Å². The molecule has 5 nitrogen and oxygen atoms in total. The lowest BCUT2D eigenvalue weighted by molar-refractivity contribution is -0.941. The zero-order chi connectivity index (χ0) is 19.7. The second kappa shape index (κ2) is 7.68. The molecule has 0 amide bonds. The third kappa shape index (κ3) is 3.38. The van der Waals surface area contributed by atoms with E-state index in [1.807, 2.05) is 24.3 Å². The summed E-state index contributed by atoms with van der Waals surface area (Å²) in [6, 6.07) is 11.3. The van der Waals surface area contributed by atoms with Crippen molar-refractivity contribution >= 4 is 11.9 Å². The maximum Gasteiger partial charge on any atom is 0.231 e. The van der Waals surface area contributed by atoms with Crippen LogP contribution in [0.25, 0.3) is 6.08 Å². The van der Waals surface area contributed by atoms with Gasteiger partial charge in [0.05, 0.1) is 30.8 Å². The summed E-state index contributed by atoms with van der Waals surface area (Å²) in [6.45, 7) is 3.97. The molecule has 2 aromatic rings. The average Bonchev–Trinajstić information content (AvgIpc) is 3.02. The van der Waals surface area contributed by atoms with E-state index < -0.39 is 0 Å². The summed E-state index contributed by atoms with van der Waals surface area (Å²) in [5.41, 5.74) is 2.01. The highest BCUT2D eigenvalue weighted by Gasteiger charge is 2.34.